The summed E-state index contributed by atoms with van der Waals surface area (Å²) in [6.07, 6.45) is 25.3. The summed E-state index contributed by atoms with van der Waals surface area (Å²) in [6.45, 7) is 2.70. The zero-order chi connectivity index (χ0) is 21.6. The van der Waals surface area contributed by atoms with Crippen molar-refractivity contribution in [1.29, 1.82) is 0 Å². The SMILES string of the molecule is Cl.Cl.[SiH2]=[Zr]([CH]1CCCCC1)([CH]1CCCCC1)([CH]1C=Cc2ccccc21)[CH]1C=Cc2ccccc21. The van der Waals surface area contributed by atoms with Gasteiger partial charge in [-0.25, -0.2) is 0 Å². The van der Waals surface area contributed by atoms with E-state index in [-0.39, 0.29) is 24.8 Å². The van der Waals surface area contributed by atoms with Gasteiger partial charge in [0.2, 0.25) is 0 Å². The standard InChI is InChI=1S/2C9H7.2C6H11.2ClH.H2Si.Zr/c2*1-2-5-9-7-3-6-8(9)4-1;2*1-2-4-6-5-3-1;;;;/h2*1-7H;2*1H,2-6H2;2*1H;1H2;. The molecule has 2 fully saturated rings. The molecule has 2 unspecified atom stereocenters. The Balaban J connectivity index is 0.00000137. The average molecular weight is 591 g/mol. The number of hydrogen-bond acceptors (Lipinski definition) is 0. The molecule has 182 valence electrons. The van der Waals surface area contributed by atoms with Crippen LogP contribution in [0.15, 0.2) is 60.7 Å². The van der Waals surface area contributed by atoms with Crippen LogP contribution in [0, 0.1) is 0 Å². The summed E-state index contributed by atoms with van der Waals surface area (Å²) < 4.78 is 3.43. The van der Waals surface area contributed by atoms with Gasteiger partial charge >= 0.3 is 198 Å². The molecule has 6 rings (SSSR count). The summed E-state index contributed by atoms with van der Waals surface area (Å²) in [5, 5.41) is 0. The topological polar surface area (TPSA) is 0 Å². The van der Waals surface area contributed by atoms with Crippen LogP contribution in [-0.2, 0) is 17.4 Å². The van der Waals surface area contributed by atoms with Crippen molar-refractivity contribution in [2.45, 2.75) is 78.7 Å². The van der Waals surface area contributed by atoms with Gasteiger partial charge < -0.3 is 0 Å². The third-order valence-electron chi connectivity index (χ3n) is 10.3. The Labute approximate surface area is 221 Å². The molecule has 34 heavy (non-hydrogen) atoms. The zero-order valence-corrected chi connectivity index (χ0v) is 25.8. The summed E-state index contributed by atoms with van der Waals surface area (Å²) in [7, 11) is 0. The van der Waals surface area contributed by atoms with Crippen molar-refractivity contribution in [2.75, 3.05) is 0 Å². The van der Waals surface area contributed by atoms with E-state index in [1.54, 1.807) is 11.1 Å². The van der Waals surface area contributed by atoms with Crippen LogP contribution in [0.3, 0.4) is 0 Å². The molecule has 0 heterocycles. The molecule has 0 aromatic heterocycles. The molecule has 0 N–H and O–H groups in total. The Hall–Kier alpha value is -0.400. The molecular formula is C30H40Cl2SiZr. The first-order valence-corrected chi connectivity index (χ1v) is 24.9. The number of allylic oxidation sites excluding steroid dienone is 2. The van der Waals surface area contributed by atoms with Gasteiger partial charge in [-0.15, -0.1) is 24.8 Å². The van der Waals surface area contributed by atoms with Crippen molar-refractivity contribution in [3.63, 3.8) is 0 Å². The van der Waals surface area contributed by atoms with Gasteiger partial charge in [0.1, 0.15) is 0 Å². The summed E-state index contributed by atoms with van der Waals surface area (Å²) in [5.41, 5.74) is 6.43. The normalized spacial score (nSPS) is 24.7. The fourth-order valence-electron chi connectivity index (χ4n) is 8.88. The monoisotopic (exact) mass is 588 g/mol. The van der Waals surface area contributed by atoms with Gasteiger partial charge in [0.15, 0.2) is 0 Å². The molecular weight excluding hydrogens is 551 g/mol. The number of halogens is 2. The quantitative estimate of drug-likeness (QED) is 0.312. The van der Waals surface area contributed by atoms with Crippen molar-refractivity contribution < 1.29 is 17.4 Å². The van der Waals surface area contributed by atoms with E-state index in [1.807, 2.05) is 0 Å². The molecule has 4 aliphatic rings. The molecule has 0 spiro atoms. The molecule has 0 saturated heterocycles. The minimum atomic E-state index is -3.59. The van der Waals surface area contributed by atoms with Crippen LogP contribution in [0.2, 0.25) is 7.25 Å². The number of benzene rings is 2. The second kappa shape index (κ2) is 10.5. The fraction of sp³-hybridized carbons (Fsp3) is 0.467. The van der Waals surface area contributed by atoms with Gasteiger partial charge in [-0.2, -0.15) is 0 Å². The number of rotatable bonds is 4. The minimum absolute atomic E-state index is 0. The van der Waals surface area contributed by atoms with Crippen LogP contribution >= 0.6 is 24.8 Å². The summed E-state index contributed by atoms with van der Waals surface area (Å²) in [5.74, 6) is 0. The second-order valence-corrected chi connectivity index (χ2v) is 37.1. The zero-order valence-electron chi connectivity index (χ0n) is 20.3. The maximum atomic E-state index is 2.74. The van der Waals surface area contributed by atoms with E-state index >= 15 is 0 Å². The molecule has 0 bridgehead atoms. The Morgan fingerprint density at radius 1 is 0.559 bits per heavy atom. The van der Waals surface area contributed by atoms with Gasteiger partial charge in [-0.1, -0.05) is 0 Å². The molecule has 0 amide bonds. The summed E-state index contributed by atoms with van der Waals surface area (Å²) in [6, 6.07) is 18.9. The van der Waals surface area contributed by atoms with Gasteiger partial charge in [0.05, 0.1) is 0 Å². The van der Waals surface area contributed by atoms with E-state index in [0.717, 1.165) is 14.5 Å². The first kappa shape index (κ1) is 26.7. The van der Waals surface area contributed by atoms with Crippen molar-refractivity contribution in [1.82, 2.24) is 0 Å². The second-order valence-electron chi connectivity index (χ2n) is 11.4. The van der Waals surface area contributed by atoms with Gasteiger partial charge in [-0.3, -0.25) is 0 Å². The molecule has 0 radical (unpaired) electrons. The Kier molecular flexibility index (Phi) is 8.26. The first-order chi connectivity index (χ1) is 15.7. The van der Waals surface area contributed by atoms with Gasteiger partial charge in [0.25, 0.3) is 0 Å². The number of hydrogen-bond donors (Lipinski definition) is 0. The maximum absolute atomic E-state index is 3.59. The summed E-state index contributed by atoms with van der Waals surface area (Å²) >= 11 is -3.59. The molecule has 2 aromatic carbocycles. The van der Waals surface area contributed by atoms with E-state index in [0.29, 0.717) is 0 Å². The van der Waals surface area contributed by atoms with E-state index in [4.69, 9.17) is 0 Å². The Morgan fingerprint density at radius 3 is 1.35 bits per heavy atom. The molecule has 0 nitrogen and oxygen atoms in total. The summed E-state index contributed by atoms with van der Waals surface area (Å²) in [4.78, 5) is 0. The predicted octanol–water partition coefficient (Wildman–Crippen LogP) is 9.11. The molecule has 2 saturated carbocycles. The van der Waals surface area contributed by atoms with Crippen molar-refractivity contribution in [2.24, 2.45) is 0 Å². The Bertz CT molecular complexity index is 1050. The van der Waals surface area contributed by atoms with Crippen LogP contribution in [-0.4, -0.2) is 6.88 Å². The van der Waals surface area contributed by atoms with Gasteiger partial charge in [-0.05, 0) is 0 Å². The van der Waals surface area contributed by atoms with Crippen LogP contribution < -0.4 is 0 Å². The molecule has 4 aliphatic carbocycles. The predicted molar refractivity (Wildman–Crippen MR) is 153 cm³/mol. The third kappa shape index (κ3) is 3.86. The average Bonchev–Trinajstić information content (AvgIpc) is 3.50. The van der Waals surface area contributed by atoms with E-state index in [2.05, 4.69) is 79.7 Å². The van der Waals surface area contributed by atoms with E-state index in [9.17, 15) is 0 Å². The van der Waals surface area contributed by atoms with Gasteiger partial charge in [0, 0.05) is 0 Å². The molecule has 2 atom stereocenters. The van der Waals surface area contributed by atoms with Crippen molar-refractivity contribution in [3.05, 3.63) is 82.9 Å². The Morgan fingerprint density at radius 2 is 0.941 bits per heavy atom. The molecule has 4 heteroatoms. The third-order valence-corrected chi connectivity index (χ3v) is 44.9. The van der Waals surface area contributed by atoms with Crippen LogP contribution in [0.4, 0.5) is 0 Å². The van der Waals surface area contributed by atoms with Crippen molar-refractivity contribution >= 4 is 43.8 Å². The molecule has 2 aromatic rings. The van der Waals surface area contributed by atoms with E-state index < -0.39 is 17.4 Å². The van der Waals surface area contributed by atoms with E-state index in [1.165, 1.54) is 75.3 Å². The first-order valence-electron chi connectivity index (χ1n) is 13.3. The van der Waals surface area contributed by atoms with Crippen LogP contribution in [0.5, 0.6) is 0 Å². The van der Waals surface area contributed by atoms with Crippen LogP contribution in [0.1, 0.15) is 93.7 Å². The fourth-order valence-corrected chi connectivity index (χ4v) is 42.2. The van der Waals surface area contributed by atoms with Crippen molar-refractivity contribution in [3.8, 4) is 0 Å². The number of fused-ring (bicyclic) bond motifs is 2. The van der Waals surface area contributed by atoms with Crippen LogP contribution in [0.25, 0.3) is 12.2 Å². The molecule has 0 aliphatic heterocycles.